The maximum atomic E-state index is 14.8. The van der Waals surface area contributed by atoms with Crippen molar-refractivity contribution in [2.24, 2.45) is 7.05 Å². The molecule has 3 aromatic heterocycles. The van der Waals surface area contributed by atoms with Crippen LogP contribution in [-0.4, -0.2) is 31.1 Å². The quantitative estimate of drug-likeness (QED) is 0.450. The van der Waals surface area contributed by atoms with Crippen molar-refractivity contribution in [2.75, 3.05) is 6.61 Å². The number of rotatable bonds is 3. The normalized spacial score (nSPS) is 18.4. The zero-order valence-corrected chi connectivity index (χ0v) is 19.0. The standard InChI is InChI=1S/C25H23F2N5O2/c1-13-14(2)29-25-23(28-13)22(18-6-5-17(26)11-19(18)27)30-24(31-25)15-8-9-34-20(10-15)16-4-7-21(33)32(3)12-16/h4-7,11-12,15,20H,8-10H2,1-3H3/t15-,20+/m0/s1. The molecular formula is C25H23F2N5O2. The second-order valence-corrected chi connectivity index (χ2v) is 8.61. The number of halogens is 2. The van der Waals surface area contributed by atoms with Gasteiger partial charge in [-0.3, -0.25) is 4.79 Å². The topological polar surface area (TPSA) is 82.8 Å². The third-order valence-corrected chi connectivity index (χ3v) is 6.28. The molecule has 1 aliphatic heterocycles. The van der Waals surface area contributed by atoms with E-state index in [0.717, 1.165) is 17.3 Å². The van der Waals surface area contributed by atoms with Gasteiger partial charge in [0.1, 0.15) is 28.7 Å². The molecule has 4 heterocycles. The van der Waals surface area contributed by atoms with E-state index in [1.54, 1.807) is 19.3 Å². The monoisotopic (exact) mass is 463 g/mol. The van der Waals surface area contributed by atoms with Crippen molar-refractivity contribution in [1.82, 2.24) is 24.5 Å². The number of aromatic nitrogens is 5. The molecule has 0 amide bonds. The third-order valence-electron chi connectivity index (χ3n) is 6.28. The Labute approximate surface area is 194 Å². The number of aryl methyl sites for hydroxylation is 3. The van der Waals surface area contributed by atoms with Crippen LogP contribution in [0.3, 0.4) is 0 Å². The molecule has 4 aromatic rings. The SMILES string of the molecule is Cc1nc2nc([C@H]3CCO[C@@H](c4ccc(=O)n(C)c4)C3)nc(-c3ccc(F)cc3F)c2nc1C. The Bertz CT molecular complexity index is 1470. The Morgan fingerprint density at radius 1 is 1.03 bits per heavy atom. The van der Waals surface area contributed by atoms with Crippen LogP contribution in [0.15, 0.2) is 41.3 Å². The molecule has 5 rings (SSSR count). The van der Waals surface area contributed by atoms with E-state index in [9.17, 15) is 13.6 Å². The van der Waals surface area contributed by atoms with Crippen molar-refractivity contribution < 1.29 is 13.5 Å². The highest BCUT2D eigenvalue weighted by molar-refractivity contribution is 5.87. The van der Waals surface area contributed by atoms with Crippen LogP contribution in [0.4, 0.5) is 8.78 Å². The Balaban J connectivity index is 1.61. The summed E-state index contributed by atoms with van der Waals surface area (Å²) in [6.45, 7) is 4.14. The minimum Gasteiger partial charge on any atom is -0.373 e. The molecule has 2 atom stereocenters. The zero-order valence-electron chi connectivity index (χ0n) is 19.0. The summed E-state index contributed by atoms with van der Waals surface area (Å²) in [7, 11) is 1.70. The molecule has 174 valence electrons. The Hall–Kier alpha value is -3.59. The van der Waals surface area contributed by atoms with E-state index in [-0.39, 0.29) is 23.1 Å². The Morgan fingerprint density at radius 2 is 1.82 bits per heavy atom. The number of fused-ring (bicyclic) bond motifs is 1. The second kappa shape index (κ2) is 8.64. The molecule has 0 aliphatic carbocycles. The van der Waals surface area contributed by atoms with E-state index >= 15 is 0 Å². The fourth-order valence-corrected chi connectivity index (χ4v) is 4.25. The number of benzene rings is 1. The van der Waals surface area contributed by atoms with E-state index in [0.29, 0.717) is 47.8 Å². The smallest absolute Gasteiger partial charge is 0.250 e. The predicted molar refractivity (Wildman–Crippen MR) is 122 cm³/mol. The van der Waals surface area contributed by atoms with Gasteiger partial charge in [0, 0.05) is 43.5 Å². The van der Waals surface area contributed by atoms with E-state index < -0.39 is 11.6 Å². The minimum atomic E-state index is -0.721. The van der Waals surface area contributed by atoms with Crippen molar-refractivity contribution in [3.8, 4) is 11.3 Å². The first kappa shape index (κ1) is 22.2. The first-order valence-corrected chi connectivity index (χ1v) is 11.1. The first-order valence-electron chi connectivity index (χ1n) is 11.1. The fourth-order valence-electron chi connectivity index (χ4n) is 4.25. The van der Waals surface area contributed by atoms with Crippen molar-refractivity contribution in [2.45, 2.75) is 38.7 Å². The number of nitrogens with zero attached hydrogens (tertiary/aromatic N) is 5. The molecule has 1 fully saturated rings. The average molecular weight is 463 g/mol. The van der Waals surface area contributed by atoms with Crippen LogP contribution in [-0.2, 0) is 11.8 Å². The Kier molecular flexibility index (Phi) is 5.65. The molecule has 0 N–H and O–H groups in total. The molecule has 1 saturated heterocycles. The summed E-state index contributed by atoms with van der Waals surface area (Å²) in [5, 5.41) is 0. The van der Waals surface area contributed by atoms with E-state index in [1.165, 1.54) is 22.8 Å². The van der Waals surface area contributed by atoms with Crippen molar-refractivity contribution in [1.29, 1.82) is 0 Å². The molecule has 0 unspecified atom stereocenters. The highest BCUT2D eigenvalue weighted by Gasteiger charge is 2.29. The van der Waals surface area contributed by atoms with Gasteiger partial charge in [0.2, 0.25) is 5.56 Å². The van der Waals surface area contributed by atoms with Crippen LogP contribution in [0, 0.1) is 25.5 Å². The maximum Gasteiger partial charge on any atom is 0.250 e. The second-order valence-electron chi connectivity index (χ2n) is 8.61. The van der Waals surface area contributed by atoms with Gasteiger partial charge in [0.25, 0.3) is 0 Å². The van der Waals surface area contributed by atoms with Crippen LogP contribution < -0.4 is 5.56 Å². The summed E-state index contributed by atoms with van der Waals surface area (Å²) in [6, 6.07) is 6.69. The minimum absolute atomic E-state index is 0.0777. The molecule has 0 radical (unpaired) electrons. The van der Waals surface area contributed by atoms with Crippen LogP contribution in [0.2, 0.25) is 0 Å². The molecule has 1 aromatic carbocycles. The van der Waals surface area contributed by atoms with Crippen LogP contribution in [0.5, 0.6) is 0 Å². The van der Waals surface area contributed by atoms with Crippen molar-refractivity contribution >= 4 is 11.2 Å². The molecule has 9 heteroatoms. The lowest BCUT2D eigenvalue weighted by atomic mass is 9.91. The first-order chi connectivity index (χ1) is 16.3. The van der Waals surface area contributed by atoms with E-state index in [1.807, 2.05) is 13.8 Å². The summed E-state index contributed by atoms with van der Waals surface area (Å²) in [6.07, 6.45) is 2.81. The molecule has 1 aliphatic rings. The lowest BCUT2D eigenvalue weighted by molar-refractivity contribution is 0.00364. The van der Waals surface area contributed by atoms with Crippen molar-refractivity contribution in [3.63, 3.8) is 0 Å². The fraction of sp³-hybridized carbons (Fsp3) is 0.320. The number of ether oxygens (including phenoxy) is 1. The van der Waals surface area contributed by atoms with Gasteiger partial charge in [-0.25, -0.2) is 28.7 Å². The van der Waals surface area contributed by atoms with Crippen molar-refractivity contribution in [3.05, 3.63) is 81.3 Å². The van der Waals surface area contributed by atoms with Gasteiger partial charge in [0.05, 0.1) is 17.5 Å². The van der Waals surface area contributed by atoms with Gasteiger partial charge in [-0.05, 0) is 50.5 Å². The van der Waals surface area contributed by atoms with Gasteiger partial charge in [0.15, 0.2) is 5.65 Å². The molecule has 0 saturated carbocycles. The van der Waals surface area contributed by atoms with Crippen LogP contribution in [0.1, 0.15) is 47.6 Å². The van der Waals surface area contributed by atoms with Gasteiger partial charge in [-0.2, -0.15) is 0 Å². The van der Waals surface area contributed by atoms with E-state index in [4.69, 9.17) is 14.7 Å². The van der Waals surface area contributed by atoms with Gasteiger partial charge in [-0.15, -0.1) is 0 Å². The summed E-state index contributed by atoms with van der Waals surface area (Å²) in [5.41, 5.74) is 3.39. The number of pyridine rings is 1. The Morgan fingerprint density at radius 3 is 2.59 bits per heavy atom. The highest BCUT2D eigenvalue weighted by Crippen LogP contribution is 2.37. The predicted octanol–water partition coefficient (Wildman–Crippen LogP) is 4.32. The van der Waals surface area contributed by atoms with Gasteiger partial charge >= 0.3 is 0 Å². The van der Waals surface area contributed by atoms with Crippen LogP contribution in [0.25, 0.3) is 22.4 Å². The largest absolute Gasteiger partial charge is 0.373 e. The third kappa shape index (κ3) is 4.07. The molecule has 7 nitrogen and oxygen atoms in total. The summed E-state index contributed by atoms with van der Waals surface area (Å²) < 4.78 is 35.9. The maximum absolute atomic E-state index is 14.8. The zero-order chi connectivity index (χ0) is 24.0. The molecule has 0 bridgehead atoms. The lowest BCUT2D eigenvalue weighted by Crippen LogP contribution is -2.23. The van der Waals surface area contributed by atoms with Crippen LogP contribution >= 0.6 is 0 Å². The molecular weight excluding hydrogens is 440 g/mol. The molecule has 0 spiro atoms. The van der Waals surface area contributed by atoms with Gasteiger partial charge < -0.3 is 9.30 Å². The number of hydrogen-bond donors (Lipinski definition) is 0. The summed E-state index contributed by atoms with van der Waals surface area (Å²) in [5.74, 6) is -0.948. The lowest BCUT2D eigenvalue weighted by Gasteiger charge is -2.29. The summed E-state index contributed by atoms with van der Waals surface area (Å²) >= 11 is 0. The highest BCUT2D eigenvalue weighted by atomic mass is 19.1. The van der Waals surface area contributed by atoms with E-state index in [2.05, 4.69) is 9.97 Å². The molecule has 34 heavy (non-hydrogen) atoms. The van der Waals surface area contributed by atoms with Gasteiger partial charge in [-0.1, -0.05) is 0 Å². The number of hydrogen-bond acceptors (Lipinski definition) is 6. The summed E-state index contributed by atoms with van der Waals surface area (Å²) in [4.78, 5) is 30.4. The average Bonchev–Trinajstić information content (AvgIpc) is 2.81.